The predicted molar refractivity (Wildman–Crippen MR) is 93.8 cm³/mol. The molecule has 0 aliphatic carbocycles. The van der Waals surface area contributed by atoms with Crippen LogP contribution in [0.4, 0.5) is 14.5 Å². The van der Waals surface area contributed by atoms with Crippen LogP contribution >= 0.6 is 0 Å². The minimum Gasteiger partial charge on any atom is -0.368 e. The van der Waals surface area contributed by atoms with Crippen molar-refractivity contribution in [3.63, 3.8) is 0 Å². The molecule has 2 aliphatic rings. The molecule has 4 rings (SSSR count). The van der Waals surface area contributed by atoms with Crippen LogP contribution in [0, 0.1) is 11.7 Å². The number of anilines is 1. The molecule has 7 heteroatoms. The third-order valence-electron chi connectivity index (χ3n) is 5.14. The van der Waals surface area contributed by atoms with Crippen LogP contribution in [0.5, 0.6) is 0 Å². The number of rotatable bonds is 3. The predicted octanol–water partition coefficient (Wildman–Crippen LogP) is 2.68. The van der Waals surface area contributed by atoms with E-state index in [2.05, 4.69) is 14.9 Å². The molecule has 0 saturated carbocycles. The van der Waals surface area contributed by atoms with Gasteiger partial charge in [-0.1, -0.05) is 0 Å². The Bertz CT molecular complexity index is 784. The molecule has 2 fully saturated rings. The number of carbonyl (C=O) groups is 1. The minimum atomic E-state index is -0.862. The fourth-order valence-electron chi connectivity index (χ4n) is 3.61. The summed E-state index contributed by atoms with van der Waals surface area (Å²) in [7, 11) is 0. The Balaban J connectivity index is 1.46. The van der Waals surface area contributed by atoms with Gasteiger partial charge < -0.3 is 9.80 Å². The number of nitrogens with zero attached hydrogens (tertiary/aromatic N) is 4. The molecule has 0 atom stereocenters. The summed E-state index contributed by atoms with van der Waals surface area (Å²) in [5.74, 6) is -0.260. The number of halogens is 2. The quantitative estimate of drug-likeness (QED) is 0.847. The van der Waals surface area contributed by atoms with Gasteiger partial charge in [-0.25, -0.2) is 18.7 Å². The third-order valence-corrected chi connectivity index (χ3v) is 5.14. The van der Waals surface area contributed by atoms with Crippen molar-refractivity contribution < 1.29 is 13.6 Å². The molecule has 26 heavy (non-hydrogen) atoms. The molecule has 0 bridgehead atoms. The van der Waals surface area contributed by atoms with Crippen molar-refractivity contribution in [1.29, 1.82) is 0 Å². The maximum atomic E-state index is 13.2. The molecule has 1 aromatic heterocycles. The molecule has 1 amide bonds. The number of aromatic nitrogens is 2. The summed E-state index contributed by atoms with van der Waals surface area (Å²) in [5.41, 5.74) is 2.47. The second-order valence-corrected chi connectivity index (χ2v) is 6.87. The first-order valence-corrected chi connectivity index (χ1v) is 8.85. The van der Waals surface area contributed by atoms with Crippen molar-refractivity contribution in [3.8, 4) is 11.3 Å². The standard InChI is InChI=1S/C19H20F2N4O/c20-15-3-1-13(2-4-15)18-17(9-22-12-23-18)24-7-5-14(6-8-24)19(26)25-10-16(21)11-25/h1-4,9,12,14,16H,5-8,10-11H2/i21-1. The highest BCUT2D eigenvalue weighted by molar-refractivity contribution is 5.80. The van der Waals surface area contributed by atoms with Gasteiger partial charge in [0.1, 0.15) is 18.3 Å². The van der Waals surface area contributed by atoms with E-state index in [1.54, 1.807) is 23.2 Å². The fraction of sp³-hybridized carbons (Fsp3) is 0.421. The smallest absolute Gasteiger partial charge is 0.226 e. The van der Waals surface area contributed by atoms with Crippen LogP contribution in [0.3, 0.4) is 0 Å². The molecule has 0 spiro atoms. The maximum Gasteiger partial charge on any atom is 0.226 e. The molecule has 5 nitrogen and oxygen atoms in total. The van der Waals surface area contributed by atoms with Crippen molar-refractivity contribution in [2.45, 2.75) is 19.0 Å². The number of amides is 1. The number of piperidine rings is 1. The molecule has 2 saturated heterocycles. The summed E-state index contributed by atoms with van der Waals surface area (Å²) in [6, 6.07) is 6.23. The van der Waals surface area contributed by atoms with Crippen LogP contribution in [0.25, 0.3) is 11.3 Å². The van der Waals surface area contributed by atoms with Crippen molar-refractivity contribution in [1.82, 2.24) is 14.9 Å². The first kappa shape index (κ1) is 16.9. The van der Waals surface area contributed by atoms with Crippen LogP contribution in [0.1, 0.15) is 12.8 Å². The zero-order valence-electron chi connectivity index (χ0n) is 14.3. The van der Waals surface area contributed by atoms with E-state index in [0.717, 1.165) is 29.8 Å². The van der Waals surface area contributed by atoms with E-state index in [1.165, 1.54) is 18.5 Å². The van der Waals surface area contributed by atoms with E-state index in [0.29, 0.717) is 13.1 Å². The van der Waals surface area contributed by atoms with E-state index in [-0.39, 0.29) is 30.7 Å². The lowest BCUT2D eigenvalue weighted by Crippen LogP contribution is -2.54. The highest BCUT2D eigenvalue weighted by Gasteiger charge is 2.36. The van der Waals surface area contributed by atoms with Gasteiger partial charge in [0.15, 0.2) is 0 Å². The fourth-order valence-corrected chi connectivity index (χ4v) is 3.61. The highest BCUT2D eigenvalue weighted by Crippen LogP contribution is 2.32. The van der Waals surface area contributed by atoms with Gasteiger partial charge in [-0.15, -0.1) is 0 Å². The SMILES string of the molecule is O=C(C1CCN(c2cncnc2-c2ccc(F)cc2)CC1)N1CC([18F])C1. The average molecular weight is 357 g/mol. The van der Waals surface area contributed by atoms with Gasteiger partial charge in [0.2, 0.25) is 5.91 Å². The van der Waals surface area contributed by atoms with Crippen LogP contribution in [0.15, 0.2) is 36.8 Å². The number of hydrogen-bond acceptors (Lipinski definition) is 4. The van der Waals surface area contributed by atoms with E-state index < -0.39 is 6.17 Å². The molecule has 136 valence electrons. The molecule has 0 radical (unpaired) electrons. The third kappa shape index (κ3) is 3.25. The number of alkyl halides is 1. The van der Waals surface area contributed by atoms with Crippen molar-refractivity contribution >= 4 is 11.6 Å². The lowest BCUT2D eigenvalue weighted by molar-refractivity contribution is -0.143. The summed E-state index contributed by atoms with van der Waals surface area (Å²) in [6.07, 6.45) is 3.83. The Morgan fingerprint density at radius 3 is 2.46 bits per heavy atom. The maximum absolute atomic E-state index is 13.2. The summed E-state index contributed by atoms with van der Waals surface area (Å²) >= 11 is 0. The minimum absolute atomic E-state index is 0.0438. The molecule has 2 aromatic rings. The normalized spacial score (nSPS) is 18.7. The van der Waals surface area contributed by atoms with Gasteiger partial charge in [0.25, 0.3) is 0 Å². The van der Waals surface area contributed by atoms with E-state index in [4.69, 9.17) is 0 Å². The van der Waals surface area contributed by atoms with E-state index in [1.807, 2.05) is 0 Å². The second kappa shape index (κ2) is 6.97. The first-order chi connectivity index (χ1) is 12.6. The van der Waals surface area contributed by atoms with Gasteiger partial charge in [-0.3, -0.25) is 4.79 Å². The zero-order chi connectivity index (χ0) is 18.1. The Kier molecular flexibility index (Phi) is 4.53. The molecule has 0 N–H and O–H groups in total. The largest absolute Gasteiger partial charge is 0.368 e. The van der Waals surface area contributed by atoms with Crippen LogP contribution in [0.2, 0.25) is 0 Å². The monoisotopic (exact) mass is 357 g/mol. The molecule has 0 unspecified atom stereocenters. The Morgan fingerprint density at radius 2 is 1.81 bits per heavy atom. The van der Waals surface area contributed by atoms with Gasteiger partial charge in [-0.05, 0) is 37.1 Å². The Morgan fingerprint density at radius 1 is 1.12 bits per heavy atom. The van der Waals surface area contributed by atoms with Crippen LogP contribution < -0.4 is 4.90 Å². The van der Waals surface area contributed by atoms with Crippen molar-refractivity contribution in [3.05, 3.63) is 42.6 Å². The number of likely N-dealkylation sites (tertiary alicyclic amines) is 1. The van der Waals surface area contributed by atoms with Crippen LogP contribution in [-0.2, 0) is 4.79 Å². The molecule has 2 aliphatic heterocycles. The van der Waals surface area contributed by atoms with Crippen molar-refractivity contribution in [2.24, 2.45) is 5.92 Å². The van der Waals surface area contributed by atoms with E-state index in [9.17, 15) is 13.6 Å². The molecule has 3 heterocycles. The van der Waals surface area contributed by atoms with Gasteiger partial charge >= 0.3 is 0 Å². The molecular weight excluding hydrogens is 337 g/mol. The van der Waals surface area contributed by atoms with E-state index >= 15 is 0 Å². The number of carbonyl (C=O) groups excluding carboxylic acids is 1. The Labute approximate surface area is 150 Å². The summed E-state index contributed by atoms with van der Waals surface area (Å²) in [6.45, 7) is 1.90. The van der Waals surface area contributed by atoms with Crippen LogP contribution in [-0.4, -0.2) is 53.1 Å². The topological polar surface area (TPSA) is 49.3 Å². The first-order valence-electron chi connectivity index (χ1n) is 8.85. The van der Waals surface area contributed by atoms with Gasteiger partial charge in [0.05, 0.1) is 30.7 Å². The number of hydrogen-bond donors (Lipinski definition) is 0. The van der Waals surface area contributed by atoms with Gasteiger partial charge in [0, 0.05) is 24.6 Å². The summed E-state index contributed by atoms with van der Waals surface area (Å²) < 4.78 is 26.2. The highest BCUT2D eigenvalue weighted by atomic mass is 19.1. The summed E-state index contributed by atoms with van der Waals surface area (Å²) in [4.78, 5) is 24.7. The van der Waals surface area contributed by atoms with Gasteiger partial charge in [-0.2, -0.15) is 0 Å². The zero-order valence-corrected chi connectivity index (χ0v) is 14.3. The van der Waals surface area contributed by atoms with Crippen molar-refractivity contribution in [2.75, 3.05) is 31.1 Å². The average Bonchev–Trinajstić information content (AvgIpc) is 2.66. The summed E-state index contributed by atoms with van der Waals surface area (Å²) in [5, 5.41) is 0. The second-order valence-electron chi connectivity index (χ2n) is 6.87. The lowest BCUT2D eigenvalue weighted by atomic mass is 9.93. The Hall–Kier alpha value is -2.57. The lowest BCUT2D eigenvalue weighted by Gasteiger charge is -2.40. The molecular formula is C19H20F2N4O. The number of benzene rings is 1. The molecule has 1 aromatic carbocycles.